The zero-order chi connectivity index (χ0) is 11.6. The van der Waals surface area contributed by atoms with E-state index in [-0.39, 0.29) is 12.5 Å². The Kier molecular flexibility index (Phi) is 3.97. The van der Waals surface area contributed by atoms with Gasteiger partial charge in [-0.3, -0.25) is 4.90 Å². The number of hydrogen-bond donors (Lipinski definition) is 2. The molecular formula is C9H17F3N2O. The average Bonchev–Trinajstić information content (AvgIpc) is 2.46. The number of rotatable bonds is 3. The molecule has 0 spiro atoms. The van der Waals surface area contributed by atoms with Gasteiger partial charge in [0.1, 0.15) is 6.04 Å². The molecule has 1 heterocycles. The van der Waals surface area contributed by atoms with E-state index < -0.39 is 24.8 Å². The number of alkyl halides is 3. The first kappa shape index (κ1) is 12.7. The molecule has 3 N–H and O–H groups in total. The third kappa shape index (κ3) is 2.62. The van der Waals surface area contributed by atoms with Crippen molar-refractivity contribution in [2.75, 3.05) is 19.7 Å². The van der Waals surface area contributed by atoms with Gasteiger partial charge in [0, 0.05) is 12.6 Å². The first-order valence-corrected chi connectivity index (χ1v) is 5.05. The van der Waals surface area contributed by atoms with Crippen LogP contribution in [0.3, 0.4) is 0 Å². The number of hydrogen-bond acceptors (Lipinski definition) is 3. The monoisotopic (exact) mass is 226 g/mol. The fourth-order valence-corrected chi connectivity index (χ4v) is 2.17. The molecule has 1 aliphatic heterocycles. The number of nitrogens with two attached hydrogens (primary N) is 1. The summed E-state index contributed by atoms with van der Waals surface area (Å²) in [5, 5.41) is 9.07. The molecule has 3 nitrogen and oxygen atoms in total. The predicted molar refractivity (Wildman–Crippen MR) is 50.3 cm³/mol. The van der Waals surface area contributed by atoms with Gasteiger partial charge in [0.2, 0.25) is 0 Å². The van der Waals surface area contributed by atoms with Gasteiger partial charge in [0.05, 0.1) is 6.61 Å². The maximum atomic E-state index is 12.6. The van der Waals surface area contributed by atoms with Gasteiger partial charge in [-0.1, -0.05) is 6.92 Å². The molecule has 1 saturated heterocycles. The molecule has 1 fully saturated rings. The second kappa shape index (κ2) is 4.67. The lowest BCUT2D eigenvalue weighted by Crippen LogP contribution is -2.53. The van der Waals surface area contributed by atoms with Crippen molar-refractivity contribution in [3.8, 4) is 0 Å². The number of halogens is 3. The second-order valence-corrected chi connectivity index (χ2v) is 4.05. The molecule has 0 saturated carbocycles. The van der Waals surface area contributed by atoms with Crippen LogP contribution in [0, 0.1) is 5.92 Å². The van der Waals surface area contributed by atoms with Crippen LogP contribution >= 0.6 is 0 Å². The zero-order valence-electron chi connectivity index (χ0n) is 8.67. The fourth-order valence-electron chi connectivity index (χ4n) is 2.17. The van der Waals surface area contributed by atoms with E-state index in [4.69, 9.17) is 10.8 Å². The van der Waals surface area contributed by atoms with Gasteiger partial charge in [0.15, 0.2) is 0 Å². The van der Waals surface area contributed by atoms with E-state index >= 15 is 0 Å². The first-order valence-electron chi connectivity index (χ1n) is 5.05. The lowest BCUT2D eigenvalue weighted by Gasteiger charge is -2.33. The summed E-state index contributed by atoms with van der Waals surface area (Å²) in [5.41, 5.74) is 5.16. The highest BCUT2D eigenvalue weighted by molar-refractivity contribution is 4.91. The number of aliphatic hydroxyl groups excluding tert-OH is 1. The van der Waals surface area contributed by atoms with Crippen LogP contribution in [0.1, 0.15) is 13.3 Å². The molecule has 3 atom stereocenters. The van der Waals surface area contributed by atoms with Crippen LogP contribution in [0.25, 0.3) is 0 Å². The largest absolute Gasteiger partial charge is 0.405 e. The van der Waals surface area contributed by atoms with Crippen molar-refractivity contribution in [3.05, 3.63) is 0 Å². The molecule has 6 heteroatoms. The number of aliphatic hydroxyl groups is 1. The molecular weight excluding hydrogens is 209 g/mol. The van der Waals surface area contributed by atoms with Crippen molar-refractivity contribution in [1.29, 1.82) is 0 Å². The Morgan fingerprint density at radius 2 is 2.13 bits per heavy atom. The third-order valence-corrected chi connectivity index (χ3v) is 3.11. The Morgan fingerprint density at radius 1 is 1.53 bits per heavy atom. The maximum Gasteiger partial charge on any atom is 0.405 e. The normalized spacial score (nSPS) is 30.8. The van der Waals surface area contributed by atoms with E-state index in [1.165, 1.54) is 4.90 Å². The summed E-state index contributed by atoms with van der Waals surface area (Å²) in [5.74, 6) is 0.0893. The van der Waals surface area contributed by atoms with Gasteiger partial charge < -0.3 is 10.8 Å². The van der Waals surface area contributed by atoms with Crippen molar-refractivity contribution in [1.82, 2.24) is 4.90 Å². The Bertz CT molecular complexity index is 210. The topological polar surface area (TPSA) is 49.5 Å². The van der Waals surface area contributed by atoms with Crippen molar-refractivity contribution >= 4 is 0 Å². The average molecular weight is 226 g/mol. The van der Waals surface area contributed by atoms with E-state index in [1.54, 1.807) is 0 Å². The molecule has 15 heavy (non-hydrogen) atoms. The van der Waals surface area contributed by atoms with Crippen LogP contribution in [0.5, 0.6) is 0 Å². The lowest BCUT2D eigenvalue weighted by atomic mass is 10.0. The Balaban J connectivity index is 2.77. The Labute approximate surface area is 87.0 Å². The highest BCUT2D eigenvalue weighted by Crippen LogP contribution is 2.32. The summed E-state index contributed by atoms with van der Waals surface area (Å²) in [6.07, 6.45) is -3.63. The number of likely N-dealkylation sites (tertiary alicyclic amines) is 1. The van der Waals surface area contributed by atoms with E-state index in [1.807, 2.05) is 6.92 Å². The molecule has 0 aliphatic carbocycles. The van der Waals surface area contributed by atoms with Crippen molar-refractivity contribution in [2.24, 2.45) is 11.7 Å². The van der Waals surface area contributed by atoms with Crippen LogP contribution in [0.4, 0.5) is 13.2 Å². The highest BCUT2D eigenvalue weighted by Gasteiger charge is 2.47. The quantitative estimate of drug-likeness (QED) is 0.740. The molecule has 0 radical (unpaired) electrons. The van der Waals surface area contributed by atoms with E-state index in [2.05, 4.69) is 0 Å². The van der Waals surface area contributed by atoms with E-state index in [0.29, 0.717) is 13.0 Å². The maximum absolute atomic E-state index is 12.6. The van der Waals surface area contributed by atoms with Crippen molar-refractivity contribution < 1.29 is 18.3 Å². The van der Waals surface area contributed by atoms with Gasteiger partial charge in [-0.15, -0.1) is 0 Å². The highest BCUT2D eigenvalue weighted by atomic mass is 19.4. The van der Waals surface area contributed by atoms with Crippen LogP contribution < -0.4 is 5.73 Å². The first-order chi connectivity index (χ1) is 6.91. The SMILES string of the molecule is CC1CCN(C(CN)C(F)(F)F)C1CO. The van der Waals surface area contributed by atoms with Gasteiger partial charge in [-0.2, -0.15) is 13.2 Å². The summed E-state index contributed by atoms with van der Waals surface area (Å²) in [4.78, 5) is 1.28. The zero-order valence-corrected chi connectivity index (χ0v) is 8.67. The van der Waals surface area contributed by atoms with Gasteiger partial charge >= 0.3 is 6.18 Å². The summed E-state index contributed by atoms with van der Waals surface area (Å²) >= 11 is 0. The summed E-state index contributed by atoms with van der Waals surface area (Å²) in [6, 6.07) is -2.04. The summed E-state index contributed by atoms with van der Waals surface area (Å²) in [6.45, 7) is 1.51. The molecule has 0 aromatic carbocycles. The predicted octanol–water partition coefficient (Wildman–Crippen LogP) is 0.579. The Morgan fingerprint density at radius 3 is 2.53 bits per heavy atom. The van der Waals surface area contributed by atoms with Gasteiger partial charge in [-0.25, -0.2) is 0 Å². The molecule has 90 valence electrons. The van der Waals surface area contributed by atoms with Gasteiger partial charge in [-0.05, 0) is 18.9 Å². The fraction of sp³-hybridized carbons (Fsp3) is 1.00. The standard InChI is InChI=1S/C9H17F3N2O/c1-6-2-3-14(7(6)5-15)8(4-13)9(10,11)12/h6-8,15H,2-5,13H2,1H3. The minimum Gasteiger partial charge on any atom is -0.395 e. The molecule has 0 amide bonds. The van der Waals surface area contributed by atoms with Gasteiger partial charge in [0.25, 0.3) is 0 Å². The van der Waals surface area contributed by atoms with E-state index in [0.717, 1.165) is 0 Å². The van der Waals surface area contributed by atoms with Crippen LogP contribution in [-0.2, 0) is 0 Å². The van der Waals surface area contributed by atoms with Crippen LogP contribution in [-0.4, -0.2) is 48.0 Å². The molecule has 1 aliphatic rings. The number of nitrogens with zero attached hydrogens (tertiary/aromatic N) is 1. The third-order valence-electron chi connectivity index (χ3n) is 3.11. The van der Waals surface area contributed by atoms with E-state index in [9.17, 15) is 13.2 Å². The molecule has 3 unspecified atom stereocenters. The molecule has 0 bridgehead atoms. The van der Waals surface area contributed by atoms with Crippen molar-refractivity contribution in [2.45, 2.75) is 31.6 Å². The lowest BCUT2D eigenvalue weighted by molar-refractivity contribution is -0.185. The Hall–Kier alpha value is -0.330. The van der Waals surface area contributed by atoms with Crippen LogP contribution in [0.15, 0.2) is 0 Å². The van der Waals surface area contributed by atoms with Crippen molar-refractivity contribution in [3.63, 3.8) is 0 Å². The molecule has 0 aromatic heterocycles. The molecule has 1 rings (SSSR count). The summed E-state index contributed by atoms with van der Waals surface area (Å²) in [7, 11) is 0. The molecule has 0 aromatic rings. The second-order valence-electron chi connectivity index (χ2n) is 4.05. The summed E-state index contributed by atoms with van der Waals surface area (Å²) < 4.78 is 37.8. The smallest absolute Gasteiger partial charge is 0.395 e. The minimum atomic E-state index is -4.31. The van der Waals surface area contributed by atoms with Crippen LogP contribution in [0.2, 0.25) is 0 Å². The minimum absolute atomic E-state index is 0.0893.